The molecule has 0 N–H and O–H groups in total. The molecule has 1 aromatic heterocycles. The summed E-state index contributed by atoms with van der Waals surface area (Å²) >= 11 is 5.30. The predicted molar refractivity (Wildman–Crippen MR) is 58.8 cm³/mol. The summed E-state index contributed by atoms with van der Waals surface area (Å²) in [6, 6.07) is 7.73. The molecule has 0 amide bonds. The van der Waals surface area contributed by atoms with Crippen molar-refractivity contribution in [2.75, 3.05) is 5.88 Å². The van der Waals surface area contributed by atoms with Gasteiger partial charge in [-0.25, -0.2) is 4.79 Å². The number of fused-ring (bicyclic) bond motifs is 1. The first kappa shape index (κ1) is 10.7. The zero-order valence-electron chi connectivity index (χ0n) is 8.10. The van der Waals surface area contributed by atoms with E-state index in [1.165, 1.54) is 12.1 Å². The van der Waals surface area contributed by atoms with Crippen molar-refractivity contribution in [2.24, 2.45) is 0 Å². The van der Waals surface area contributed by atoms with Gasteiger partial charge in [0.1, 0.15) is 17.2 Å². The van der Waals surface area contributed by atoms with E-state index in [0.717, 1.165) is 5.39 Å². The van der Waals surface area contributed by atoms with Crippen LogP contribution in [-0.4, -0.2) is 11.8 Å². The Morgan fingerprint density at radius 2 is 2.06 bits per heavy atom. The fourth-order valence-electron chi connectivity index (χ4n) is 1.26. The van der Waals surface area contributed by atoms with E-state index in [0.29, 0.717) is 11.3 Å². The normalized spacial score (nSPS) is 10.3. The van der Waals surface area contributed by atoms with E-state index in [1.807, 2.05) is 0 Å². The maximum absolute atomic E-state index is 11.0. The van der Waals surface area contributed by atoms with E-state index in [-0.39, 0.29) is 5.88 Å². The Morgan fingerprint density at radius 3 is 2.81 bits per heavy atom. The molecule has 5 heteroatoms. The highest BCUT2D eigenvalue weighted by molar-refractivity contribution is 6.26. The van der Waals surface area contributed by atoms with Gasteiger partial charge in [-0.15, -0.1) is 11.6 Å². The third-order valence-electron chi connectivity index (χ3n) is 1.94. The van der Waals surface area contributed by atoms with Crippen LogP contribution < -0.4 is 10.4 Å². The van der Waals surface area contributed by atoms with Gasteiger partial charge in [-0.3, -0.25) is 4.79 Å². The Balaban J connectivity index is 2.42. The Hall–Kier alpha value is -1.81. The summed E-state index contributed by atoms with van der Waals surface area (Å²) in [5, 5.41) is 0.755. The van der Waals surface area contributed by atoms with Crippen LogP contribution in [-0.2, 0) is 4.79 Å². The molecule has 82 valence electrons. The molecule has 2 aromatic rings. The quantitative estimate of drug-likeness (QED) is 0.347. The number of halogens is 1. The minimum atomic E-state index is -0.556. The van der Waals surface area contributed by atoms with E-state index >= 15 is 0 Å². The summed E-state index contributed by atoms with van der Waals surface area (Å²) in [5.41, 5.74) is -0.0827. The number of alkyl halides is 1. The molecule has 0 saturated heterocycles. The lowest BCUT2D eigenvalue weighted by Crippen LogP contribution is -2.08. The van der Waals surface area contributed by atoms with Gasteiger partial charge in [-0.1, -0.05) is 0 Å². The Kier molecular flexibility index (Phi) is 2.92. The van der Waals surface area contributed by atoms with Crippen molar-refractivity contribution >= 4 is 28.5 Å². The second kappa shape index (κ2) is 4.37. The molecule has 1 heterocycles. The molecule has 0 aliphatic rings. The Morgan fingerprint density at radius 1 is 1.31 bits per heavy atom. The lowest BCUT2D eigenvalue weighted by Gasteiger charge is -2.02. The molecule has 0 radical (unpaired) electrons. The summed E-state index contributed by atoms with van der Waals surface area (Å²) in [4.78, 5) is 21.9. The van der Waals surface area contributed by atoms with Crippen molar-refractivity contribution in [3.05, 3.63) is 40.8 Å². The SMILES string of the molecule is O=C(CCl)Oc1ccc2ccc(=O)oc2c1. The molecule has 1 aromatic carbocycles. The number of carbonyl (C=O) groups excluding carboxylic acids is 1. The predicted octanol–water partition coefficient (Wildman–Crippen LogP) is 1.94. The number of hydrogen-bond donors (Lipinski definition) is 0. The summed E-state index contributed by atoms with van der Waals surface area (Å²) in [6.07, 6.45) is 0. The van der Waals surface area contributed by atoms with Crippen LogP contribution in [0.5, 0.6) is 5.75 Å². The first-order valence-electron chi connectivity index (χ1n) is 4.49. The van der Waals surface area contributed by atoms with Gasteiger partial charge in [0.05, 0.1) is 0 Å². The largest absolute Gasteiger partial charge is 0.426 e. The summed E-state index contributed by atoms with van der Waals surface area (Å²) < 4.78 is 9.82. The average Bonchev–Trinajstić information content (AvgIpc) is 2.28. The van der Waals surface area contributed by atoms with Crippen molar-refractivity contribution in [3.63, 3.8) is 0 Å². The highest BCUT2D eigenvalue weighted by Crippen LogP contribution is 2.19. The molecule has 4 nitrogen and oxygen atoms in total. The van der Waals surface area contributed by atoms with Crippen LogP contribution >= 0.6 is 11.6 Å². The standard InChI is InChI=1S/C11H7ClO4/c12-6-11(14)15-8-3-1-7-2-4-10(13)16-9(7)5-8/h1-5H,6H2. The van der Waals surface area contributed by atoms with Crippen LogP contribution in [0.3, 0.4) is 0 Å². The van der Waals surface area contributed by atoms with E-state index in [2.05, 4.69) is 0 Å². The van der Waals surface area contributed by atoms with Crippen LogP contribution in [0, 0.1) is 0 Å². The third-order valence-corrected chi connectivity index (χ3v) is 2.15. The number of rotatable bonds is 2. The Labute approximate surface area is 95.4 Å². The molecular formula is C11H7ClO4. The first-order chi connectivity index (χ1) is 7.69. The summed E-state index contributed by atoms with van der Waals surface area (Å²) in [6.45, 7) is 0. The minimum absolute atomic E-state index is 0.225. The number of carbonyl (C=O) groups is 1. The fraction of sp³-hybridized carbons (Fsp3) is 0.0909. The van der Waals surface area contributed by atoms with Gasteiger partial charge in [0.15, 0.2) is 0 Å². The maximum Gasteiger partial charge on any atom is 0.336 e. The van der Waals surface area contributed by atoms with Crippen LogP contribution in [0.2, 0.25) is 0 Å². The van der Waals surface area contributed by atoms with Crippen LogP contribution in [0.15, 0.2) is 39.5 Å². The highest BCUT2D eigenvalue weighted by Gasteiger charge is 2.04. The average molecular weight is 239 g/mol. The fourth-order valence-corrected chi connectivity index (χ4v) is 1.32. The van der Waals surface area contributed by atoms with E-state index < -0.39 is 11.6 Å². The van der Waals surface area contributed by atoms with Crippen LogP contribution in [0.1, 0.15) is 0 Å². The lowest BCUT2D eigenvalue weighted by atomic mass is 10.2. The zero-order valence-corrected chi connectivity index (χ0v) is 8.86. The van der Waals surface area contributed by atoms with Crippen LogP contribution in [0.25, 0.3) is 11.0 Å². The minimum Gasteiger partial charge on any atom is -0.426 e. The van der Waals surface area contributed by atoms with Crippen LogP contribution in [0.4, 0.5) is 0 Å². The van der Waals surface area contributed by atoms with Gasteiger partial charge in [0.2, 0.25) is 0 Å². The van der Waals surface area contributed by atoms with Gasteiger partial charge >= 0.3 is 11.6 Å². The van der Waals surface area contributed by atoms with Gasteiger partial charge in [0.25, 0.3) is 0 Å². The number of ether oxygens (including phenoxy) is 1. The molecule has 0 atom stereocenters. The summed E-state index contributed by atoms with van der Waals surface area (Å²) in [5.74, 6) is -0.483. The lowest BCUT2D eigenvalue weighted by molar-refractivity contribution is -0.131. The molecule has 0 spiro atoms. The Bertz CT molecular complexity index is 588. The molecule has 0 aliphatic heterocycles. The van der Waals surface area contributed by atoms with Gasteiger partial charge in [-0.2, -0.15) is 0 Å². The van der Waals surface area contributed by atoms with Gasteiger partial charge in [0, 0.05) is 17.5 Å². The molecule has 2 rings (SSSR count). The smallest absolute Gasteiger partial charge is 0.336 e. The molecule has 0 bridgehead atoms. The van der Waals surface area contributed by atoms with E-state index in [1.54, 1.807) is 18.2 Å². The third kappa shape index (κ3) is 2.23. The van der Waals surface area contributed by atoms with Crippen molar-refractivity contribution < 1.29 is 13.9 Å². The molecule has 0 unspecified atom stereocenters. The molecule has 0 aliphatic carbocycles. The van der Waals surface area contributed by atoms with Gasteiger partial charge < -0.3 is 9.15 Å². The number of esters is 1. The van der Waals surface area contributed by atoms with Crippen molar-refractivity contribution in [1.29, 1.82) is 0 Å². The van der Waals surface area contributed by atoms with Crippen molar-refractivity contribution in [3.8, 4) is 5.75 Å². The van der Waals surface area contributed by atoms with E-state index in [9.17, 15) is 9.59 Å². The molecular weight excluding hydrogens is 232 g/mol. The maximum atomic E-state index is 11.0. The summed E-state index contributed by atoms with van der Waals surface area (Å²) in [7, 11) is 0. The second-order valence-corrected chi connectivity index (χ2v) is 3.33. The first-order valence-corrected chi connectivity index (χ1v) is 5.03. The highest BCUT2D eigenvalue weighted by atomic mass is 35.5. The molecule has 0 saturated carbocycles. The molecule has 16 heavy (non-hydrogen) atoms. The molecule has 0 fully saturated rings. The van der Waals surface area contributed by atoms with Crippen molar-refractivity contribution in [2.45, 2.75) is 0 Å². The van der Waals surface area contributed by atoms with Gasteiger partial charge in [-0.05, 0) is 18.2 Å². The number of hydrogen-bond acceptors (Lipinski definition) is 4. The zero-order chi connectivity index (χ0) is 11.5. The van der Waals surface area contributed by atoms with E-state index in [4.69, 9.17) is 20.8 Å². The second-order valence-electron chi connectivity index (χ2n) is 3.06. The van der Waals surface area contributed by atoms with Crippen molar-refractivity contribution in [1.82, 2.24) is 0 Å². The topological polar surface area (TPSA) is 56.5 Å². The monoisotopic (exact) mass is 238 g/mol. The number of benzene rings is 1.